The smallest absolute Gasteiger partial charge is 0.146 e. The summed E-state index contributed by atoms with van der Waals surface area (Å²) in [5.41, 5.74) is 0. The molecular formula is C7H15Cl2NO. The maximum absolute atomic E-state index is 10.8. The van der Waals surface area contributed by atoms with E-state index in [1.807, 2.05) is 0 Å². The highest BCUT2D eigenvalue weighted by atomic mass is 35.5. The molecule has 0 aromatic heterocycles. The lowest BCUT2D eigenvalue weighted by Crippen LogP contribution is -2.35. The fourth-order valence-corrected chi connectivity index (χ4v) is 1.18. The van der Waals surface area contributed by atoms with Gasteiger partial charge in [0.1, 0.15) is 5.78 Å². The van der Waals surface area contributed by atoms with Gasteiger partial charge in [-0.2, -0.15) is 0 Å². The molecule has 1 fully saturated rings. The van der Waals surface area contributed by atoms with Crippen molar-refractivity contribution in [2.45, 2.75) is 19.8 Å². The van der Waals surface area contributed by atoms with Crippen LogP contribution in [0, 0.1) is 0 Å². The molecule has 2 nitrogen and oxygen atoms in total. The standard InChI is InChI=1S/C7H13NO.2ClH/c1-2-8-5-3-4-7(9)6-8;;/h2-6H2,1H3;2*1H. The van der Waals surface area contributed by atoms with Crippen LogP contribution in [0.5, 0.6) is 0 Å². The van der Waals surface area contributed by atoms with Crippen molar-refractivity contribution in [2.24, 2.45) is 0 Å². The number of piperidine rings is 1. The molecule has 0 spiro atoms. The van der Waals surface area contributed by atoms with E-state index in [-0.39, 0.29) is 24.8 Å². The third-order valence-electron chi connectivity index (χ3n) is 1.78. The van der Waals surface area contributed by atoms with Crippen molar-refractivity contribution < 1.29 is 4.79 Å². The number of nitrogens with zero attached hydrogens (tertiary/aromatic N) is 1. The Kier molecular flexibility index (Phi) is 8.63. The summed E-state index contributed by atoms with van der Waals surface area (Å²) in [4.78, 5) is 13.0. The Morgan fingerprint density at radius 1 is 1.45 bits per heavy atom. The van der Waals surface area contributed by atoms with Crippen molar-refractivity contribution in [1.82, 2.24) is 4.90 Å². The largest absolute Gasteiger partial charge is 0.298 e. The predicted octanol–water partition coefficient (Wildman–Crippen LogP) is 1.51. The molecule has 1 heterocycles. The van der Waals surface area contributed by atoms with E-state index in [0.717, 1.165) is 25.9 Å². The predicted molar refractivity (Wildman–Crippen MR) is 50.9 cm³/mol. The quantitative estimate of drug-likeness (QED) is 0.639. The minimum Gasteiger partial charge on any atom is -0.298 e. The Labute approximate surface area is 80.2 Å². The van der Waals surface area contributed by atoms with Crippen LogP contribution >= 0.6 is 24.8 Å². The van der Waals surface area contributed by atoms with E-state index in [9.17, 15) is 4.79 Å². The molecule has 0 atom stereocenters. The lowest BCUT2D eigenvalue weighted by molar-refractivity contribution is -0.122. The molecule has 0 amide bonds. The number of ketones is 1. The van der Waals surface area contributed by atoms with E-state index in [4.69, 9.17) is 0 Å². The molecule has 0 saturated carbocycles. The third-order valence-corrected chi connectivity index (χ3v) is 1.78. The van der Waals surface area contributed by atoms with E-state index < -0.39 is 0 Å². The zero-order chi connectivity index (χ0) is 6.69. The number of rotatable bonds is 1. The monoisotopic (exact) mass is 199 g/mol. The highest BCUT2D eigenvalue weighted by Crippen LogP contribution is 2.03. The van der Waals surface area contributed by atoms with Crippen LogP contribution in [0.1, 0.15) is 19.8 Å². The minimum atomic E-state index is 0. The van der Waals surface area contributed by atoms with Crippen molar-refractivity contribution >= 4 is 30.6 Å². The number of Topliss-reactive ketones (excluding diaryl/α,β-unsaturated/α-hetero) is 1. The highest BCUT2D eigenvalue weighted by molar-refractivity contribution is 5.85. The number of carbonyl (C=O) groups is 1. The van der Waals surface area contributed by atoms with Crippen molar-refractivity contribution in [3.05, 3.63) is 0 Å². The van der Waals surface area contributed by atoms with Crippen molar-refractivity contribution in [3.8, 4) is 0 Å². The van der Waals surface area contributed by atoms with Crippen molar-refractivity contribution in [2.75, 3.05) is 19.6 Å². The first-order valence-corrected chi connectivity index (χ1v) is 3.57. The van der Waals surface area contributed by atoms with Gasteiger partial charge in [-0.05, 0) is 19.5 Å². The fraction of sp³-hybridized carbons (Fsp3) is 0.857. The summed E-state index contributed by atoms with van der Waals surface area (Å²) >= 11 is 0. The van der Waals surface area contributed by atoms with Gasteiger partial charge in [0.2, 0.25) is 0 Å². The molecule has 0 bridgehead atoms. The molecule has 1 aliphatic heterocycles. The summed E-state index contributed by atoms with van der Waals surface area (Å²) in [5.74, 6) is 0.406. The van der Waals surface area contributed by atoms with E-state index in [1.165, 1.54) is 0 Å². The molecule has 68 valence electrons. The lowest BCUT2D eigenvalue weighted by atomic mass is 10.1. The van der Waals surface area contributed by atoms with Gasteiger partial charge in [0, 0.05) is 6.42 Å². The van der Waals surface area contributed by atoms with Gasteiger partial charge < -0.3 is 0 Å². The summed E-state index contributed by atoms with van der Waals surface area (Å²) in [6, 6.07) is 0. The molecule has 0 N–H and O–H groups in total. The Hall–Kier alpha value is 0.210. The van der Waals surface area contributed by atoms with E-state index in [2.05, 4.69) is 11.8 Å². The van der Waals surface area contributed by atoms with Gasteiger partial charge in [0.25, 0.3) is 0 Å². The van der Waals surface area contributed by atoms with Crippen LogP contribution in [-0.2, 0) is 4.79 Å². The number of carbonyl (C=O) groups excluding carboxylic acids is 1. The van der Waals surface area contributed by atoms with Gasteiger partial charge in [-0.25, -0.2) is 0 Å². The van der Waals surface area contributed by atoms with Crippen molar-refractivity contribution in [3.63, 3.8) is 0 Å². The van der Waals surface area contributed by atoms with E-state index in [0.29, 0.717) is 12.3 Å². The summed E-state index contributed by atoms with van der Waals surface area (Å²) in [7, 11) is 0. The number of likely N-dealkylation sites (tertiary alicyclic amines) is 1. The average molecular weight is 200 g/mol. The summed E-state index contributed by atoms with van der Waals surface area (Å²) < 4.78 is 0. The molecular weight excluding hydrogens is 185 g/mol. The fourth-order valence-electron chi connectivity index (χ4n) is 1.18. The molecule has 0 aliphatic carbocycles. The lowest BCUT2D eigenvalue weighted by Gasteiger charge is -2.23. The van der Waals surface area contributed by atoms with Crippen LogP contribution in [0.4, 0.5) is 0 Å². The minimum absolute atomic E-state index is 0. The first-order chi connectivity index (χ1) is 4.33. The van der Waals surface area contributed by atoms with Crippen LogP contribution < -0.4 is 0 Å². The molecule has 1 rings (SSSR count). The summed E-state index contributed by atoms with van der Waals surface area (Å²) in [5, 5.41) is 0. The van der Waals surface area contributed by atoms with Crippen LogP contribution in [0.25, 0.3) is 0 Å². The summed E-state index contributed by atoms with van der Waals surface area (Å²) in [6.45, 7) is 4.92. The topological polar surface area (TPSA) is 20.3 Å². The second-order valence-corrected chi connectivity index (χ2v) is 2.51. The number of hydrogen-bond acceptors (Lipinski definition) is 2. The number of halogens is 2. The van der Waals surface area contributed by atoms with Gasteiger partial charge >= 0.3 is 0 Å². The number of likely N-dealkylation sites (N-methyl/N-ethyl adjacent to an activating group) is 1. The van der Waals surface area contributed by atoms with E-state index >= 15 is 0 Å². The van der Waals surface area contributed by atoms with Gasteiger partial charge in [-0.1, -0.05) is 6.92 Å². The van der Waals surface area contributed by atoms with Crippen LogP contribution in [0.2, 0.25) is 0 Å². The normalized spacial score (nSPS) is 18.5. The van der Waals surface area contributed by atoms with Crippen LogP contribution in [-0.4, -0.2) is 30.3 Å². The molecule has 0 unspecified atom stereocenters. The van der Waals surface area contributed by atoms with Crippen LogP contribution in [0.15, 0.2) is 0 Å². The SMILES string of the molecule is CCN1CCCC(=O)C1.Cl.Cl. The molecule has 0 aromatic carbocycles. The van der Waals surface area contributed by atoms with E-state index in [1.54, 1.807) is 0 Å². The Morgan fingerprint density at radius 3 is 2.45 bits per heavy atom. The van der Waals surface area contributed by atoms with Gasteiger partial charge in [0.05, 0.1) is 6.54 Å². The summed E-state index contributed by atoms with van der Waals surface area (Å²) in [6.07, 6.45) is 1.86. The first kappa shape index (κ1) is 13.8. The Bertz CT molecular complexity index is 119. The Morgan fingerprint density at radius 2 is 2.09 bits per heavy atom. The van der Waals surface area contributed by atoms with Gasteiger partial charge in [-0.3, -0.25) is 9.69 Å². The third kappa shape index (κ3) is 4.62. The highest BCUT2D eigenvalue weighted by Gasteiger charge is 2.13. The molecule has 0 radical (unpaired) electrons. The molecule has 11 heavy (non-hydrogen) atoms. The second-order valence-electron chi connectivity index (χ2n) is 2.51. The van der Waals surface area contributed by atoms with Crippen molar-refractivity contribution in [1.29, 1.82) is 0 Å². The second kappa shape index (κ2) is 6.89. The Balaban J connectivity index is 0. The molecule has 1 saturated heterocycles. The zero-order valence-electron chi connectivity index (χ0n) is 6.71. The van der Waals surface area contributed by atoms with Gasteiger partial charge in [0.15, 0.2) is 0 Å². The maximum atomic E-state index is 10.8. The number of hydrogen-bond donors (Lipinski definition) is 0. The average Bonchev–Trinajstić information content (AvgIpc) is 1.88. The zero-order valence-corrected chi connectivity index (χ0v) is 8.34. The maximum Gasteiger partial charge on any atom is 0.146 e. The molecule has 4 heteroatoms. The molecule has 1 aliphatic rings. The molecule has 0 aromatic rings. The first-order valence-electron chi connectivity index (χ1n) is 3.57. The van der Waals surface area contributed by atoms with Gasteiger partial charge in [-0.15, -0.1) is 24.8 Å². The van der Waals surface area contributed by atoms with Crippen LogP contribution in [0.3, 0.4) is 0 Å².